The second kappa shape index (κ2) is 4.87. The fourth-order valence-corrected chi connectivity index (χ4v) is 2.65. The summed E-state index contributed by atoms with van der Waals surface area (Å²) in [5.41, 5.74) is 0.228. The molecule has 1 fully saturated rings. The van der Waals surface area contributed by atoms with Crippen molar-refractivity contribution < 1.29 is 9.53 Å². The molecule has 1 aliphatic rings. The Labute approximate surface area is 118 Å². The number of aromatic nitrogens is 1. The molecule has 1 amide bonds. The molecule has 1 aromatic heterocycles. The maximum Gasteiger partial charge on any atom is 0.273 e. The molecular weight excluding hydrogens is 252 g/mol. The maximum atomic E-state index is 12.8. The van der Waals surface area contributed by atoms with Gasteiger partial charge in [-0.25, -0.2) is 0 Å². The standard InChI is InChI=1S/C16H18N2O2/c1-16(2)11-20-10-9-18(16)15(19)14-13-6-4-3-5-12(13)7-8-17-14/h3-8H,9-11H2,1-2H3. The number of amides is 1. The summed E-state index contributed by atoms with van der Waals surface area (Å²) in [5.74, 6) is -0.0184. The Morgan fingerprint density at radius 2 is 2.10 bits per heavy atom. The van der Waals surface area contributed by atoms with Gasteiger partial charge in [0.2, 0.25) is 0 Å². The van der Waals surface area contributed by atoms with Crippen LogP contribution in [0, 0.1) is 0 Å². The van der Waals surface area contributed by atoms with E-state index < -0.39 is 0 Å². The van der Waals surface area contributed by atoms with Gasteiger partial charge in [-0.2, -0.15) is 0 Å². The van der Waals surface area contributed by atoms with E-state index in [1.54, 1.807) is 6.20 Å². The van der Waals surface area contributed by atoms with Crippen LogP contribution in [-0.2, 0) is 4.74 Å². The number of nitrogens with zero attached hydrogens (tertiary/aromatic N) is 2. The molecule has 0 radical (unpaired) electrons. The van der Waals surface area contributed by atoms with Crippen LogP contribution in [0.15, 0.2) is 36.5 Å². The molecule has 0 aliphatic carbocycles. The van der Waals surface area contributed by atoms with Gasteiger partial charge < -0.3 is 9.64 Å². The van der Waals surface area contributed by atoms with Crippen LogP contribution in [0.3, 0.4) is 0 Å². The highest BCUT2D eigenvalue weighted by atomic mass is 16.5. The number of pyridine rings is 1. The van der Waals surface area contributed by atoms with Crippen LogP contribution in [0.2, 0.25) is 0 Å². The van der Waals surface area contributed by atoms with Crippen molar-refractivity contribution in [1.82, 2.24) is 9.88 Å². The average molecular weight is 270 g/mol. The maximum absolute atomic E-state index is 12.8. The number of hydrogen-bond donors (Lipinski definition) is 0. The number of morpholine rings is 1. The first-order valence-corrected chi connectivity index (χ1v) is 6.83. The van der Waals surface area contributed by atoms with Gasteiger partial charge in [-0.15, -0.1) is 0 Å². The first kappa shape index (κ1) is 13.1. The number of ether oxygens (including phenoxy) is 1. The van der Waals surface area contributed by atoms with Gasteiger partial charge in [-0.1, -0.05) is 24.3 Å². The second-order valence-corrected chi connectivity index (χ2v) is 5.70. The molecule has 0 saturated carbocycles. The fourth-order valence-electron chi connectivity index (χ4n) is 2.65. The third kappa shape index (κ3) is 2.16. The van der Waals surface area contributed by atoms with E-state index >= 15 is 0 Å². The molecule has 1 aliphatic heterocycles. The minimum absolute atomic E-state index is 0.0184. The molecule has 0 atom stereocenters. The third-order valence-electron chi connectivity index (χ3n) is 3.77. The summed E-state index contributed by atoms with van der Waals surface area (Å²) in [6.07, 6.45) is 1.70. The predicted octanol–water partition coefficient (Wildman–Crippen LogP) is 2.49. The Balaban J connectivity index is 2.04. The van der Waals surface area contributed by atoms with E-state index in [2.05, 4.69) is 4.98 Å². The number of carbonyl (C=O) groups excluding carboxylic acids is 1. The van der Waals surface area contributed by atoms with Gasteiger partial charge in [0.15, 0.2) is 0 Å². The molecule has 0 spiro atoms. The van der Waals surface area contributed by atoms with Gasteiger partial charge in [0, 0.05) is 18.1 Å². The van der Waals surface area contributed by atoms with Crippen LogP contribution < -0.4 is 0 Å². The van der Waals surface area contributed by atoms with Crippen LogP contribution >= 0.6 is 0 Å². The van der Waals surface area contributed by atoms with E-state index in [1.807, 2.05) is 49.1 Å². The molecule has 4 heteroatoms. The van der Waals surface area contributed by atoms with Gasteiger partial charge in [0.25, 0.3) is 5.91 Å². The first-order valence-electron chi connectivity index (χ1n) is 6.83. The lowest BCUT2D eigenvalue weighted by atomic mass is 10.0. The van der Waals surface area contributed by atoms with Gasteiger partial charge in [-0.05, 0) is 25.3 Å². The first-order chi connectivity index (χ1) is 9.59. The Kier molecular flexibility index (Phi) is 3.18. The summed E-state index contributed by atoms with van der Waals surface area (Å²) < 4.78 is 5.47. The topological polar surface area (TPSA) is 42.4 Å². The molecule has 1 aromatic carbocycles. The summed E-state index contributed by atoms with van der Waals surface area (Å²) in [4.78, 5) is 19.0. The van der Waals surface area contributed by atoms with Crippen LogP contribution in [0.25, 0.3) is 10.8 Å². The number of hydrogen-bond acceptors (Lipinski definition) is 3. The van der Waals surface area contributed by atoms with Crippen molar-refractivity contribution in [3.63, 3.8) is 0 Å². The van der Waals surface area contributed by atoms with Crippen molar-refractivity contribution in [3.05, 3.63) is 42.2 Å². The van der Waals surface area contributed by atoms with Gasteiger partial charge >= 0.3 is 0 Å². The summed E-state index contributed by atoms with van der Waals surface area (Å²) in [7, 11) is 0. The Morgan fingerprint density at radius 3 is 2.90 bits per heavy atom. The third-order valence-corrected chi connectivity index (χ3v) is 3.77. The Hall–Kier alpha value is -1.94. The molecule has 4 nitrogen and oxygen atoms in total. The molecule has 104 valence electrons. The van der Waals surface area contributed by atoms with E-state index in [4.69, 9.17) is 4.74 Å². The Morgan fingerprint density at radius 1 is 1.30 bits per heavy atom. The molecule has 0 bridgehead atoms. The number of rotatable bonds is 1. The van der Waals surface area contributed by atoms with Crippen LogP contribution in [-0.4, -0.2) is 41.1 Å². The molecule has 2 heterocycles. The quantitative estimate of drug-likeness (QED) is 0.799. The highest BCUT2D eigenvalue weighted by Crippen LogP contribution is 2.24. The summed E-state index contributed by atoms with van der Waals surface area (Å²) in [6, 6.07) is 9.78. The van der Waals surface area contributed by atoms with Crippen LogP contribution in [0.1, 0.15) is 24.3 Å². The normalized spacial score (nSPS) is 18.2. The summed E-state index contributed by atoms with van der Waals surface area (Å²) in [6.45, 7) is 5.80. The molecular formula is C16H18N2O2. The lowest BCUT2D eigenvalue weighted by molar-refractivity contribution is -0.0372. The smallest absolute Gasteiger partial charge is 0.273 e. The SMILES string of the molecule is CC1(C)COCCN1C(=O)c1nccc2ccccc12. The van der Waals surface area contributed by atoms with Crippen molar-refractivity contribution in [2.75, 3.05) is 19.8 Å². The zero-order chi connectivity index (χ0) is 14.2. The number of carbonyl (C=O) groups is 1. The van der Waals surface area contributed by atoms with Gasteiger partial charge in [-0.3, -0.25) is 9.78 Å². The van der Waals surface area contributed by atoms with E-state index in [0.717, 1.165) is 10.8 Å². The summed E-state index contributed by atoms with van der Waals surface area (Å²) >= 11 is 0. The van der Waals surface area contributed by atoms with Gasteiger partial charge in [0.1, 0.15) is 5.69 Å². The largest absolute Gasteiger partial charge is 0.377 e. The molecule has 2 aromatic rings. The lowest BCUT2D eigenvalue weighted by Gasteiger charge is -2.42. The van der Waals surface area contributed by atoms with Crippen molar-refractivity contribution in [2.45, 2.75) is 19.4 Å². The Bertz CT molecular complexity index is 646. The molecule has 0 unspecified atom stereocenters. The predicted molar refractivity (Wildman–Crippen MR) is 77.7 cm³/mol. The molecule has 0 N–H and O–H groups in total. The van der Waals surface area contributed by atoms with Crippen LogP contribution in [0.5, 0.6) is 0 Å². The van der Waals surface area contributed by atoms with Crippen molar-refractivity contribution in [1.29, 1.82) is 0 Å². The van der Waals surface area contributed by atoms with E-state index in [1.165, 1.54) is 0 Å². The number of fused-ring (bicyclic) bond motifs is 1. The summed E-state index contributed by atoms with van der Waals surface area (Å²) in [5, 5.41) is 1.94. The van der Waals surface area contributed by atoms with E-state index in [-0.39, 0.29) is 11.4 Å². The zero-order valence-corrected chi connectivity index (χ0v) is 11.8. The highest BCUT2D eigenvalue weighted by Gasteiger charge is 2.35. The minimum Gasteiger partial charge on any atom is -0.377 e. The van der Waals surface area contributed by atoms with Crippen molar-refractivity contribution in [2.24, 2.45) is 0 Å². The molecule has 3 rings (SSSR count). The fraction of sp³-hybridized carbons (Fsp3) is 0.375. The molecule has 1 saturated heterocycles. The van der Waals surface area contributed by atoms with E-state index in [9.17, 15) is 4.79 Å². The number of benzene rings is 1. The van der Waals surface area contributed by atoms with Gasteiger partial charge in [0.05, 0.1) is 18.8 Å². The second-order valence-electron chi connectivity index (χ2n) is 5.70. The lowest BCUT2D eigenvalue weighted by Crippen LogP contribution is -2.55. The zero-order valence-electron chi connectivity index (χ0n) is 11.8. The monoisotopic (exact) mass is 270 g/mol. The minimum atomic E-state index is -0.298. The van der Waals surface area contributed by atoms with E-state index in [0.29, 0.717) is 25.5 Å². The van der Waals surface area contributed by atoms with Crippen molar-refractivity contribution >= 4 is 16.7 Å². The van der Waals surface area contributed by atoms with Crippen LogP contribution in [0.4, 0.5) is 0 Å². The average Bonchev–Trinajstić information content (AvgIpc) is 2.45. The highest BCUT2D eigenvalue weighted by molar-refractivity contribution is 6.05. The molecule has 20 heavy (non-hydrogen) atoms. The van der Waals surface area contributed by atoms with Crippen molar-refractivity contribution in [3.8, 4) is 0 Å².